The Morgan fingerprint density at radius 2 is 1.28 bits per heavy atom. The third-order valence-electron chi connectivity index (χ3n) is 11.2. The summed E-state index contributed by atoms with van der Waals surface area (Å²) in [5, 5.41) is 28.4. The van der Waals surface area contributed by atoms with Gasteiger partial charge in [0.05, 0.1) is 35.4 Å². The van der Waals surface area contributed by atoms with Crippen LogP contribution in [-0.4, -0.2) is 78.5 Å². The first-order valence-corrected chi connectivity index (χ1v) is 21.1. The molecule has 4 N–H and O–H groups in total. The molecule has 0 bridgehead atoms. The predicted octanol–water partition coefficient (Wildman–Crippen LogP) is 7.26. The molecule has 10 rings (SSSR count). The molecule has 2 aromatic carbocycles. The lowest BCUT2D eigenvalue weighted by molar-refractivity contribution is -0.142. The van der Waals surface area contributed by atoms with Gasteiger partial charge in [0, 0.05) is 53.1 Å². The van der Waals surface area contributed by atoms with Crippen molar-refractivity contribution < 1.29 is 19.8 Å². The highest BCUT2D eigenvalue weighted by Crippen LogP contribution is 2.42. The molecular weight excluding hydrogens is 771 g/mol. The SMILES string of the molecule is CN(CC(C)(C)O)C(=O)[C@H]1CCc2c(sc3ncnc(Nc4ccc5c(c4)C=NC5)c23)C1.O=C(O)[C@H]1CCc2c(sc3ncnc(Nc4ccc5c(c4)C=NC5)c23)C1. The molecule has 58 heavy (non-hydrogen) atoms. The number of carboxylic acids is 1. The average molecular weight is 814 g/mol. The molecule has 6 aromatic rings. The van der Waals surface area contributed by atoms with Crippen molar-refractivity contribution in [3.63, 3.8) is 0 Å². The topological polar surface area (TPSA) is 178 Å². The number of aromatic nitrogens is 4. The summed E-state index contributed by atoms with van der Waals surface area (Å²) in [5.74, 6) is 0.624. The standard InChI is InChI=1S/C24H27N5O2S.C19H16N4O2S/c1-24(2,31)12-29(3)23(30)14-5-7-18-19(9-14)32-22-20(18)21(26-13-27-22)28-17-6-4-15-10-25-11-16(15)8-17;24-19(25)10-2-4-14-15(6-10)26-18-16(14)17(21-9-22-18)23-13-3-1-11-7-20-8-12(11)5-13/h4,6,8,11,13-14,31H,5,7,9-10,12H2,1-3H3,(H,26,27,28);1,3,5,8-10H,2,4,6-7H2,(H,24,25)(H,21,22,23)/t14-;10-/m00/s1. The molecule has 0 fully saturated rings. The summed E-state index contributed by atoms with van der Waals surface area (Å²) in [6.45, 7) is 5.27. The van der Waals surface area contributed by atoms with Crippen LogP contribution in [0.25, 0.3) is 20.4 Å². The van der Waals surface area contributed by atoms with E-state index in [1.54, 1.807) is 61.1 Å². The van der Waals surface area contributed by atoms with Crippen LogP contribution >= 0.6 is 22.7 Å². The monoisotopic (exact) mass is 813 g/mol. The second-order valence-electron chi connectivity index (χ2n) is 16.1. The van der Waals surface area contributed by atoms with Crippen LogP contribution in [-0.2, 0) is 48.4 Å². The molecule has 15 heteroatoms. The van der Waals surface area contributed by atoms with E-state index in [2.05, 4.69) is 70.9 Å². The highest BCUT2D eigenvalue weighted by molar-refractivity contribution is 7.19. The summed E-state index contributed by atoms with van der Waals surface area (Å²) < 4.78 is 0. The number of aryl methyl sites for hydroxylation is 2. The smallest absolute Gasteiger partial charge is 0.306 e. The highest BCUT2D eigenvalue weighted by atomic mass is 32.1. The third-order valence-corrected chi connectivity index (χ3v) is 13.5. The zero-order valence-corrected chi connectivity index (χ0v) is 34.1. The summed E-state index contributed by atoms with van der Waals surface area (Å²) in [4.78, 5) is 56.7. The van der Waals surface area contributed by atoms with Gasteiger partial charge in [0.1, 0.15) is 34.0 Å². The third kappa shape index (κ3) is 7.56. The quantitative estimate of drug-likeness (QED) is 0.122. The van der Waals surface area contributed by atoms with E-state index in [9.17, 15) is 19.8 Å². The fourth-order valence-electron chi connectivity index (χ4n) is 8.43. The lowest BCUT2D eigenvalue weighted by atomic mass is 9.86. The summed E-state index contributed by atoms with van der Waals surface area (Å²) in [7, 11) is 1.77. The minimum absolute atomic E-state index is 0.0664. The molecule has 0 saturated heterocycles. The van der Waals surface area contributed by atoms with E-state index >= 15 is 0 Å². The molecule has 4 aromatic heterocycles. The fourth-order valence-corrected chi connectivity index (χ4v) is 11.0. The number of rotatable bonds is 8. The van der Waals surface area contributed by atoms with Gasteiger partial charge in [-0.15, -0.1) is 22.7 Å². The van der Waals surface area contributed by atoms with Crippen LogP contribution in [0.3, 0.4) is 0 Å². The minimum atomic E-state index is -0.901. The van der Waals surface area contributed by atoms with Gasteiger partial charge in [-0.05, 0) is 110 Å². The van der Waals surface area contributed by atoms with Gasteiger partial charge >= 0.3 is 5.97 Å². The number of thiophene rings is 2. The lowest BCUT2D eigenvalue weighted by Gasteiger charge is -2.30. The molecule has 2 aliphatic heterocycles. The Morgan fingerprint density at radius 3 is 1.78 bits per heavy atom. The molecule has 296 valence electrons. The second-order valence-corrected chi connectivity index (χ2v) is 18.2. The fraction of sp³-hybridized carbons (Fsp3) is 0.349. The van der Waals surface area contributed by atoms with Gasteiger partial charge < -0.3 is 25.7 Å². The normalized spacial score (nSPS) is 17.6. The second kappa shape index (κ2) is 15.3. The number of hydrogen-bond donors (Lipinski definition) is 4. The number of likely N-dealkylation sites (N-methyl/N-ethyl adjacent to an activating group) is 1. The maximum atomic E-state index is 13.0. The number of carbonyl (C=O) groups excluding carboxylic acids is 1. The van der Waals surface area contributed by atoms with Gasteiger partial charge in [0.2, 0.25) is 5.91 Å². The molecule has 2 aliphatic carbocycles. The number of nitrogens with one attached hydrogen (secondary N) is 2. The van der Waals surface area contributed by atoms with Gasteiger partial charge in [-0.2, -0.15) is 0 Å². The molecule has 0 radical (unpaired) electrons. The molecule has 6 heterocycles. The zero-order valence-electron chi connectivity index (χ0n) is 32.5. The molecule has 1 amide bonds. The van der Waals surface area contributed by atoms with Crippen molar-refractivity contribution >= 4 is 90.4 Å². The van der Waals surface area contributed by atoms with Gasteiger partial charge in [0.15, 0.2) is 0 Å². The molecule has 2 atom stereocenters. The number of carboxylic acid groups (broad SMARTS) is 1. The van der Waals surface area contributed by atoms with Crippen LogP contribution in [0, 0.1) is 11.8 Å². The molecular formula is C43H43N9O4S2. The van der Waals surface area contributed by atoms with Crippen molar-refractivity contribution in [1.82, 2.24) is 24.8 Å². The van der Waals surface area contributed by atoms with Crippen LogP contribution in [0.15, 0.2) is 59.0 Å². The van der Waals surface area contributed by atoms with Crippen molar-refractivity contribution in [2.45, 2.75) is 71.1 Å². The van der Waals surface area contributed by atoms with E-state index in [1.165, 1.54) is 27.1 Å². The van der Waals surface area contributed by atoms with E-state index in [4.69, 9.17) is 0 Å². The van der Waals surface area contributed by atoms with E-state index in [1.807, 2.05) is 18.5 Å². The number of aliphatic imine (C=N–C) groups is 2. The van der Waals surface area contributed by atoms with E-state index in [0.717, 1.165) is 91.8 Å². The number of aliphatic carboxylic acids is 1. The Bertz CT molecular complexity index is 2660. The summed E-state index contributed by atoms with van der Waals surface area (Å²) >= 11 is 3.25. The van der Waals surface area contributed by atoms with Gasteiger partial charge in [0.25, 0.3) is 0 Å². The first-order chi connectivity index (χ1) is 28.0. The van der Waals surface area contributed by atoms with E-state index in [-0.39, 0.29) is 17.7 Å². The molecule has 13 nitrogen and oxygen atoms in total. The van der Waals surface area contributed by atoms with Crippen LogP contribution < -0.4 is 10.6 Å². The number of anilines is 4. The predicted molar refractivity (Wildman–Crippen MR) is 229 cm³/mol. The van der Waals surface area contributed by atoms with Crippen molar-refractivity contribution in [2.75, 3.05) is 24.2 Å². The Morgan fingerprint density at radius 1 is 0.776 bits per heavy atom. The van der Waals surface area contributed by atoms with E-state index < -0.39 is 11.6 Å². The Labute approximate surface area is 343 Å². The number of benzene rings is 2. The largest absolute Gasteiger partial charge is 0.481 e. The maximum absolute atomic E-state index is 13.0. The zero-order chi connectivity index (χ0) is 40.1. The number of aliphatic hydroxyl groups is 1. The molecule has 4 aliphatic rings. The Hall–Kier alpha value is -5.64. The first kappa shape index (κ1) is 37.9. The average Bonchev–Trinajstić information content (AvgIpc) is 4.01. The maximum Gasteiger partial charge on any atom is 0.306 e. The molecule has 0 saturated carbocycles. The Balaban J connectivity index is 0.000000153. The van der Waals surface area contributed by atoms with Gasteiger partial charge in [-0.3, -0.25) is 19.6 Å². The number of nitrogens with zero attached hydrogens (tertiary/aromatic N) is 7. The molecule has 0 unspecified atom stereocenters. The van der Waals surface area contributed by atoms with Crippen molar-refractivity contribution in [2.24, 2.45) is 21.8 Å². The van der Waals surface area contributed by atoms with Crippen LogP contribution in [0.5, 0.6) is 0 Å². The van der Waals surface area contributed by atoms with E-state index in [0.29, 0.717) is 25.8 Å². The van der Waals surface area contributed by atoms with Crippen LogP contribution in [0.1, 0.15) is 69.8 Å². The first-order valence-electron chi connectivity index (χ1n) is 19.5. The van der Waals surface area contributed by atoms with Crippen molar-refractivity contribution in [1.29, 1.82) is 0 Å². The number of amides is 1. The van der Waals surface area contributed by atoms with Gasteiger partial charge in [-0.1, -0.05) is 12.1 Å². The minimum Gasteiger partial charge on any atom is -0.481 e. The number of carbonyl (C=O) groups is 2. The van der Waals surface area contributed by atoms with Crippen molar-refractivity contribution in [3.8, 4) is 0 Å². The number of hydrogen-bond acceptors (Lipinski definition) is 13. The number of fused-ring (bicyclic) bond motifs is 8. The Kier molecular flexibility index (Phi) is 9.98. The highest BCUT2D eigenvalue weighted by Gasteiger charge is 2.32. The summed E-state index contributed by atoms with van der Waals surface area (Å²) in [5.41, 5.74) is 8.25. The van der Waals surface area contributed by atoms with Crippen LogP contribution in [0.2, 0.25) is 0 Å². The summed E-state index contributed by atoms with van der Waals surface area (Å²) in [6, 6.07) is 12.5. The van der Waals surface area contributed by atoms with Crippen LogP contribution in [0.4, 0.5) is 23.0 Å². The lowest BCUT2D eigenvalue weighted by Crippen LogP contribution is -2.43. The van der Waals surface area contributed by atoms with Crippen molar-refractivity contribution in [3.05, 3.63) is 92.2 Å². The van der Waals surface area contributed by atoms with Gasteiger partial charge in [-0.25, -0.2) is 19.9 Å². The molecule has 0 spiro atoms. The summed E-state index contributed by atoms with van der Waals surface area (Å²) in [6.07, 6.45) is 11.3.